The first-order valence-electron chi connectivity index (χ1n) is 8.56. The number of fused-ring (bicyclic) bond motifs is 1. The van der Waals surface area contributed by atoms with Gasteiger partial charge in [0.2, 0.25) is 0 Å². The standard InChI is InChI=1S/C20H22N4/c1-13-14(2)21-19-17(13)20(22-16-11-7-4-8-12-16)24-18(23-19)15-9-5-3-6-10-15/h3-7,9-10,16H,8,11-12H2,1-2H3,(H2,21,22,23,24)/t16-/m1/s1. The molecule has 0 fully saturated rings. The molecule has 4 heteroatoms. The number of H-pyrrole nitrogens is 1. The van der Waals surface area contributed by atoms with Crippen LogP contribution in [0.4, 0.5) is 5.82 Å². The Kier molecular flexibility index (Phi) is 3.81. The zero-order valence-electron chi connectivity index (χ0n) is 14.1. The second-order valence-electron chi connectivity index (χ2n) is 6.49. The van der Waals surface area contributed by atoms with Gasteiger partial charge in [0.1, 0.15) is 11.5 Å². The number of allylic oxidation sites excluding steroid dienone is 1. The third-order valence-corrected chi connectivity index (χ3v) is 4.79. The van der Waals surface area contributed by atoms with E-state index >= 15 is 0 Å². The Bertz CT molecular complexity index is 893. The lowest BCUT2D eigenvalue weighted by Gasteiger charge is -2.21. The highest BCUT2D eigenvalue weighted by atomic mass is 15.1. The maximum atomic E-state index is 4.87. The van der Waals surface area contributed by atoms with Gasteiger partial charge in [-0.1, -0.05) is 42.5 Å². The van der Waals surface area contributed by atoms with E-state index in [0.29, 0.717) is 6.04 Å². The van der Waals surface area contributed by atoms with Crippen molar-refractivity contribution in [1.29, 1.82) is 0 Å². The maximum Gasteiger partial charge on any atom is 0.163 e. The SMILES string of the molecule is Cc1[nH]c2nc(-c3ccccc3)nc(N[C@@H]3CC=CCC3)c2c1C. The average Bonchev–Trinajstić information content (AvgIpc) is 2.91. The Hall–Kier alpha value is -2.62. The Labute approximate surface area is 142 Å². The number of benzene rings is 1. The van der Waals surface area contributed by atoms with Crippen LogP contribution in [0.5, 0.6) is 0 Å². The molecule has 1 atom stereocenters. The van der Waals surface area contributed by atoms with Crippen LogP contribution in [-0.2, 0) is 0 Å². The summed E-state index contributed by atoms with van der Waals surface area (Å²) in [6, 6.07) is 10.6. The van der Waals surface area contributed by atoms with E-state index in [1.54, 1.807) is 0 Å². The monoisotopic (exact) mass is 318 g/mol. The maximum absolute atomic E-state index is 4.87. The van der Waals surface area contributed by atoms with Crippen LogP contribution in [0.15, 0.2) is 42.5 Å². The molecule has 2 aromatic heterocycles. The van der Waals surface area contributed by atoms with Crippen LogP contribution in [0.2, 0.25) is 0 Å². The number of nitrogens with zero attached hydrogens (tertiary/aromatic N) is 2. The molecule has 0 radical (unpaired) electrons. The van der Waals surface area contributed by atoms with Crippen molar-refractivity contribution in [2.24, 2.45) is 0 Å². The number of rotatable bonds is 3. The highest BCUT2D eigenvalue weighted by Gasteiger charge is 2.18. The first-order chi connectivity index (χ1) is 11.7. The van der Waals surface area contributed by atoms with Gasteiger partial charge in [0.05, 0.1) is 5.39 Å². The van der Waals surface area contributed by atoms with Crippen LogP contribution >= 0.6 is 0 Å². The van der Waals surface area contributed by atoms with Crippen LogP contribution in [0.25, 0.3) is 22.4 Å². The summed E-state index contributed by atoms with van der Waals surface area (Å²) in [5.74, 6) is 1.71. The fourth-order valence-corrected chi connectivity index (χ4v) is 3.30. The molecule has 0 unspecified atom stereocenters. The fraction of sp³-hybridized carbons (Fsp3) is 0.300. The highest BCUT2D eigenvalue weighted by molar-refractivity contribution is 5.92. The van der Waals surface area contributed by atoms with E-state index in [2.05, 4.69) is 48.4 Å². The number of anilines is 1. The van der Waals surface area contributed by atoms with Gasteiger partial charge in [-0.05, 0) is 38.7 Å². The van der Waals surface area contributed by atoms with Crippen molar-refractivity contribution in [2.45, 2.75) is 39.2 Å². The van der Waals surface area contributed by atoms with Gasteiger partial charge in [0, 0.05) is 17.3 Å². The molecule has 1 aliphatic carbocycles. The Balaban J connectivity index is 1.83. The summed E-state index contributed by atoms with van der Waals surface area (Å²) in [5, 5.41) is 4.78. The lowest BCUT2D eigenvalue weighted by molar-refractivity contribution is 0.643. The molecule has 0 amide bonds. The lowest BCUT2D eigenvalue weighted by Crippen LogP contribution is -2.21. The second-order valence-corrected chi connectivity index (χ2v) is 6.49. The minimum Gasteiger partial charge on any atom is -0.366 e. The molecule has 0 aliphatic heterocycles. The van der Waals surface area contributed by atoms with Crippen molar-refractivity contribution in [2.75, 3.05) is 5.32 Å². The van der Waals surface area contributed by atoms with Crippen LogP contribution < -0.4 is 5.32 Å². The summed E-state index contributed by atoms with van der Waals surface area (Å²) in [6.07, 6.45) is 7.84. The number of hydrogen-bond acceptors (Lipinski definition) is 3. The minimum atomic E-state index is 0.436. The normalized spacial score (nSPS) is 17.3. The molecule has 3 aromatic rings. The van der Waals surface area contributed by atoms with Gasteiger partial charge >= 0.3 is 0 Å². The van der Waals surface area contributed by atoms with Gasteiger partial charge < -0.3 is 10.3 Å². The van der Waals surface area contributed by atoms with Gasteiger partial charge in [0.25, 0.3) is 0 Å². The third kappa shape index (κ3) is 2.68. The van der Waals surface area contributed by atoms with Crippen molar-refractivity contribution in [3.05, 3.63) is 53.7 Å². The van der Waals surface area contributed by atoms with Crippen LogP contribution in [0.3, 0.4) is 0 Å². The highest BCUT2D eigenvalue weighted by Crippen LogP contribution is 2.30. The Morgan fingerprint density at radius 2 is 1.92 bits per heavy atom. The smallest absolute Gasteiger partial charge is 0.163 e. The molecule has 4 rings (SSSR count). The second kappa shape index (κ2) is 6.11. The molecule has 1 aromatic carbocycles. The summed E-state index contributed by atoms with van der Waals surface area (Å²) in [6.45, 7) is 4.22. The molecule has 0 saturated heterocycles. The Morgan fingerprint density at radius 3 is 2.67 bits per heavy atom. The first kappa shape index (κ1) is 14.9. The number of nitrogens with one attached hydrogen (secondary N) is 2. The number of hydrogen-bond donors (Lipinski definition) is 2. The van der Waals surface area contributed by atoms with E-state index in [-0.39, 0.29) is 0 Å². The molecule has 0 bridgehead atoms. The van der Waals surface area contributed by atoms with E-state index < -0.39 is 0 Å². The van der Waals surface area contributed by atoms with Gasteiger partial charge in [-0.2, -0.15) is 0 Å². The van der Waals surface area contributed by atoms with Gasteiger partial charge in [-0.3, -0.25) is 0 Å². The molecule has 122 valence electrons. The van der Waals surface area contributed by atoms with E-state index in [1.165, 1.54) is 5.56 Å². The molecule has 24 heavy (non-hydrogen) atoms. The van der Waals surface area contributed by atoms with E-state index in [1.807, 2.05) is 18.2 Å². The molecular formula is C20H22N4. The summed E-state index contributed by atoms with van der Waals surface area (Å²) in [4.78, 5) is 13.0. The molecule has 0 saturated carbocycles. The summed E-state index contributed by atoms with van der Waals surface area (Å²) >= 11 is 0. The largest absolute Gasteiger partial charge is 0.366 e. The van der Waals surface area contributed by atoms with Crippen molar-refractivity contribution in [3.63, 3.8) is 0 Å². The number of aromatic nitrogens is 3. The third-order valence-electron chi connectivity index (χ3n) is 4.79. The van der Waals surface area contributed by atoms with Gasteiger partial charge in [0.15, 0.2) is 5.82 Å². The number of aryl methyl sites for hydroxylation is 2. The molecule has 2 N–H and O–H groups in total. The van der Waals surface area contributed by atoms with Crippen molar-refractivity contribution in [3.8, 4) is 11.4 Å². The topological polar surface area (TPSA) is 53.6 Å². The van der Waals surface area contributed by atoms with E-state index in [4.69, 9.17) is 9.97 Å². The number of aromatic amines is 1. The summed E-state index contributed by atoms with van der Waals surface area (Å²) in [5.41, 5.74) is 4.32. The molecular weight excluding hydrogens is 296 g/mol. The van der Waals surface area contributed by atoms with E-state index in [0.717, 1.165) is 53.2 Å². The first-order valence-corrected chi connectivity index (χ1v) is 8.56. The van der Waals surface area contributed by atoms with Crippen LogP contribution in [0, 0.1) is 13.8 Å². The fourth-order valence-electron chi connectivity index (χ4n) is 3.30. The Morgan fingerprint density at radius 1 is 1.08 bits per heavy atom. The average molecular weight is 318 g/mol. The van der Waals surface area contributed by atoms with Crippen LogP contribution in [-0.4, -0.2) is 21.0 Å². The van der Waals surface area contributed by atoms with Crippen LogP contribution in [0.1, 0.15) is 30.5 Å². The quantitative estimate of drug-likeness (QED) is 0.684. The lowest BCUT2D eigenvalue weighted by atomic mass is 10.0. The predicted octanol–water partition coefficient (Wildman–Crippen LogP) is 4.76. The van der Waals surface area contributed by atoms with Crippen molar-refractivity contribution in [1.82, 2.24) is 15.0 Å². The zero-order valence-corrected chi connectivity index (χ0v) is 14.1. The molecule has 1 aliphatic rings. The van der Waals surface area contributed by atoms with Gasteiger partial charge in [-0.15, -0.1) is 0 Å². The zero-order chi connectivity index (χ0) is 16.5. The van der Waals surface area contributed by atoms with Gasteiger partial charge in [-0.25, -0.2) is 9.97 Å². The molecule has 0 spiro atoms. The molecule has 4 nitrogen and oxygen atoms in total. The van der Waals surface area contributed by atoms with Crippen molar-refractivity contribution < 1.29 is 0 Å². The predicted molar refractivity (Wildman–Crippen MR) is 99.2 cm³/mol. The van der Waals surface area contributed by atoms with Crippen molar-refractivity contribution >= 4 is 16.9 Å². The summed E-state index contributed by atoms with van der Waals surface area (Å²) < 4.78 is 0. The van der Waals surface area contributed by atoms with E-state index in [9.17, 15) is 0 Å². The summed E-state index contributed by atoms with van der Waals surface area (Å²) in [7, 11) is 0. The minimum absolute atomic E-state index is 0.436. The molecule has 2 heterocycles.